The number of benzene rings is 1. The van der Waals surface area contributed by atoms with Crippen molar-refractivity contribution in [2.45, 2.75) is 26.7 Å². The number of Topliss-reactive ketones (excluding diaryl/α,β-unsaturated/α-hetero) is 1. The van der Waals surface area contributed by atoms with Gasteiger partial charge in [0.25, 0.3) is 0 Å². The molecule has 3 heteroatoms. The average Bonchev–Trinajstić information content (AvgIpc) is 2.71. The first-order chi connectivity index (χ1) is 8.61. The first-order valence-electron chi connectivity index (χ1n) is 6.21. The molecule has 0 bridgehead atoms. The third kappa shape index (κ3) is 2.50. The molecule has 0 unspecified atom stereocenters. The summed E-state index contributed by atoms with van der Waals surface area (Å²) in [5, 5.41) is 4.10. The maximum atomic E-state index is 12.1. The Morgan fingerprint density at radius 3 is 2.33 bits per heavy atom. The lowest BCUT2D eigenvalue weighted by Gasteiger charge is -2.02. The van der Waals surface area contributed by atoms with Crippen molar-refractivity contribution in [3.05, 3.63) is 52.8 Å². The average molecular weight is 242 g/mol. The van der Waals surface area contributed by atoms with Gasteiger partial charge >= 0.3 is 0 Å². The van der Waals surface area contributed by atoms with Crippen LogP contribution in [0.1, 0.15) is 34.1 Å². The van der Waals surface area contributed by atoms with E-state index >= 15 is 0 Å². The molecule has 2 aromatic rings. The zero-order valence-corrected chi connectivity index (χ0v) is 11.1. The van der Waals surface area contributed by atoms with Crippen LogP contribution >= 0.6 is 0 Å². The predicted octanol–water partition coefficient (Wildman–Crippen LogP) is 2.72. The van der Waals surface area contributed by atoms with Gasteiger partial charge in [-0.1, -0.05) is 31.2 Å². The van der Waals surface area contributed by atoms with Crippen LogP contribution in [0.2, 0.25) is 0 Å². The SMILES string of the molecule is CCc1ccc(CC(=O)c2cnn(C)c2C)cc1. The van der Waals surface area contributed by atoms with E-state index in [-0.39, 0.29) is 5.78 Å². The minimum Gasteiger partial charge on any atom is -0.294 e. The summed E-state index contributed by atoms with van der Waals surface area (Å²) in [6, 6.07) is 8.22. The molecule has 0 saturated carbocycles. The zero-order valence-electron chi connectivity index (χ0n) is 11.1. The molecule has 0 atom stereocenters. The summed E-state index contributed by atoms with van der Waals surface area (Å²) in [4.78, 5) is 12.1. The highest BCUT2D eigenvalue weighted by Gasteiger charge is 2.13. The van der Waals surface area contributed by atoms with E-state index < -0.39 is 0 Å². The van der Waals surface area contributed by atoms with Gasteiger partial charge in [-0.25, -0.2) is 0 Å². The number of ketones is 1. The van der Waals surface area contributed by atoms with E-state index in [4.69, 9.17) is 0 Å². The number of nitrogens with zero attached hydrogens (tertiary/aromatic N) is 2. The smallest absolute Gasteiger partial charge is 0.170 e. The minimum absolute atomic E-state index is 0.129. The van der Waals surface area contributed by atoms with Crippen LogP contribution in [0.4, 0.5) is 0 Å². The van der Waals surface area contributed by atoms with Crippen LogP contribution in [0.5, 0.6) is 0 Å². The Kier molecular flexibility index (Phi) is 3.60. The Morgan fingerprint density at radius 1 is 1.22 bits per heavy atom. The molecule has 0 radical (unpaired) electrons. The monoisotopic (exact) mass is 242 g/mol. The molecule has 0 saturated heterocycles. The van der Waals surface area contributed by atoms with Gasteiger partial charge in [0.05, 0.1) is 11.8 Å². The van der Waals surface area contributed by atoms with Crippen LogP contribution in [-0.2, 0) is 19.9 Å². The second-order valence-corrected chi connectivity index (χ2v) is 4.54. The lowest BCUT2D eigenvalue weighted by Crippen LogP contribution is -2.05. The molecule has 3 nitrogen and oxygen atoms in total. The second-order valence-electron chi connectivity index (χ2n) is 4.54. The Bertz CT molecular complexity index is 552. The van der Waals surface area contributed by atoms with Crippen LogP contribution in [0.3, 0.4) is 0 Å². The van der Waals surface area contributed by atoms with E-state index in [2.05, 4.69) is 24.2 Å². The molecule has 0 aliphatic rings. The van der Waals surface area contributed by atoms with Crippen molar-refractivity contribution in [2.24, 2.45) is 7.05 Å². The van der Waals surface area contributed by atoms with Gasteiger partial charge in [0.15, 0.2) is 5.78 Å². The minimum atomic E-state index is 0.129. The third-order valence-corrected chi connectivity index (χ3v) is 3.33. The number of aryl methyl sites for hydroxylation is 2. The summed E-state index contributed by atoms with van der Waals surface area (Å²) in [5.41, 5.74) is 3.99. The highest BCUT2D eigenvalue weighted by Crippen LogP contribution is 2.12. The van der Waals surface area contributed by atoms with Gasteiger partial charge in [-0.15, -0.1) is 0 Å². The molecule has 0 spiro atoms. The number of carbonyl (C=O) groups is 1. The first kappa shape index (κ1) is 12.6. The Balaban J connectivity index is 2.13. The summed E-state index contributed by atoms with van der Waals surface area (Å²) >= 11 is 0. The third-order valence-electron chi connectivity index (χ3n) is 3.33. The molecule has 18 heavy (non-hydrogen) atoms. The fourth-order valence-electron chi connectivity index (χ4n) is 1.95. The Hall–Kier alpha value is -1.90. The molecular formula is C15H18N2O. The maximum absolute atomic E-state index is 12.1. The highest BCUT2D eigenvalue weighted by molar-refractivity contribution is 5.98. The van der Waals surface area contributed by atoms with Gasteiger partial charge in [-0.3, -0.25) is 9.48 Å². The van der Waals surface area contributed by atoms with E-state index in [1.165, 1.54) is 5.56 Å². The lowest BCUT2D eigenvalue weighted by atomic mass is 10.0. The molecule has 0 fully saturated rings. The van der Waals surface area contributed by atoms with Crippen LogP contribution in [-0.4, -0.2) is 15.6 Å². The molecule has 2 rings (SSSR count). The molecule has 0 N–H and O–H groups in total. The van der Waals surface area contributed by atoms with E-state index in [0.717, 1.165) is 23.2 Å². The van der Waals surface area contributed by atoms with Gasteiger partial charge < -0.3 is 0 Å². The van der Waals surface area contributed by atoms with Gasteiger partial charge in [0.1, 0.15) is 0 Å². The van der Waals surface area contributed by atoms with Crippen molar-refractivity contribution in [1.29, 1.82) is 0 Å². The number of hydrogen-bond acceptors (Lipinski definition) is 2. The standard InChI is InChI=1S/C15H18N2O/c1-4-12-5-7-13(8-6-12)9-15(18)14-10-16-17(3)11(14)2/h5-8,10H,4,9H2,1-3H3. The van der Waals surface area contributed by atoms with E-state index in [1.54, 1.807) is 10.9 Å². The van der Waals surface area contributed by atoms with Crippen molar-refractivity contribution < 1.29 is 4.79 Å². The molecule has 0 aliphatic carbocycles. The normalized spacial score (nSPS) is 10.6. The highest BCUT2D eigenvalue weighted by atomic mass is 16.1. The van der Waals surface area contributed by atoms with Gasteiger partial charge in [0.2, 0.25) is 0 Å². The number of hydrogen-bond donors (Lipinski definition) is 0. The Labute approximate surface area is 107 Å². The van der Waals surface area contributed by atoms with Crippen molar-refractivity contribution in [3.63, 3.8) is 0 Å². The molecular weight excluding hydrogens is 224 g/mol. The zero-order chi connectivity index (χ0) is 13.1. The van der Waals surface area contributed by atoms with Crippen LogP contribution in [0.25, 0.3) is 0 Å². The fourth-order valence-corrected chi connectivity index (χ4v) is 1.95. The summed E-state index contributed by atoms with van der Waals surface area (Å²) in [6.45, 7) is 4.04. The van der Waals surface area contributed by atoms with Crippen molar-refractivity contribution in [3.8, 4) is 0 Å². The van der Waals surface area contributed by atoms with Crippen LogP contribution in [0.15, 0.2) is 30.5 Å². The molecule has 94 valence electrons. The molecule has 0 amide bonds. The summed E-state index contributed by atoms with van der Waals surface area (Å²) < 4.78 is 1.73. The number of rotatable bonds is 4. The quantitative estimate of drug-likeness (QED) is 0.773. The van der Waals surface area contributed by atoms with Crippen LogP contribution in [0, 0.1) is 6.92 Å². The molecule has 1 aromatic heterocycles. The lowest BCUT2D eigenvalue weighted by molar-refractivity contribution is 0.0992. The molecule has 1 heterocycles. The van der Waals surface area contributed by atoms with Crippen molar-refractivity contribution in [2.75, 3.05) is 0 Å². The second kappa shape index (κ2) is 5.17. The predicted molar refractivity (Wildman–Crippen MR) is 71.8 cm³/mol. The van der Waals surface area contributed by atoms with Crippen LogP contribution < -0.4 is 0 Å². The number of carbonyl (C=O) groups excluding carboxylic acids is 1. The van der Waals surface area contributed by atoms with Gasteiger partial charge in [-0.2, -0.15) is 5.10 Å². The molecule has 1 aromatic carbocycles. The van der Waals surface area contributed by atoms with Gasteiger partial charge in [0, 0.05) is 19.2 Å². The number of aromatic nitrogens is 2. The van der Waals surface area contributed by atoms with E-state index in [9.17, 15) is 4.79 Å². The van der Waals surface area contributed by atoms with Crippen molar-refractivity contribution >= 4 is 5.78 Å². The van der Waals surface area contributed by atoms with Gasteiger partial charge in [-0.05, 0) is 24.5 Å². The fraction of sp³-hybridized carbons (Fsp3) is 0.333. The first-order valence-corrected chi connectivity index (χ1v) is 6.21. The Morgan fingerprint density at radius 2 is 1.83 bits per heavy atom. The summed E-state index contributed by atoms with van der Waals surface area (Å²) in [6.07, 6.45) is 3.12. The maximum Gasteiger partial charge on any atom is 0.170 e. The topological polar surface area (TPSA) is 34.9 Å². The van der Waals surface area contributed by atoms with E-state index in [1.807, 2.05) is 26.1 Å². The van der Waals surface area contributed by atoms with Crippen molar-refractivity contribution in [1.82, 2.24) is 9.78 Å². The summed E-state index contributed by atoms with van der Waals surface area (Å²) in [7, 11) is 1.85. The molecule has 0 aliphatic heterocycles. The summed E-state index contributed by atoms with van der Waals surface area (Å²) in [5.74, 6) is 0.129. The van der Waals surface area contributed by atoms with E-state index in [0.29, 0.717) is 6.42 Å². The largest absolute Gasteiger partial charge is 0.294 e.